The molecule has 0 radical (unpaired) electrons. The maximum atomic E-state index is 12.0. The molecule has 2 rings (SSSR count). The third kappa shape index (κ3) is 3.15. The lowest BCUT2D eigenvalue weighted by atomic mass is 9.82. The van der Waals surface area contributed by atoms with Gasteiger partial charge in [-0.2, -0.15) is 0 Å². The summed E-state index contributed by atoms with van der Waals surface area (Å²) in [6.07, 6.45) is 0. The van der Waals surface area contributed by atoms with E-state index in [4.69, 9.17) is 4.74 Å². The molecule has 0 N–H and O–H groups in total. The number of carbonyl (C=O) groups is 1. The lowest BCUT2D eigenvalue weighted by Gasteiger charge is -2.23. The second-order valence-electron chi connectivity index (χ2n) is 5.95. The van der Waals surface area contributed by atoms with Crippen molar-refractivity contribution in [3.05, 3.63) is 34.4 Å². The van der Waals surface area contributed by atoms with Crippen molar-refractivity contribution in [1.29, 1.82) is 0 Å². The molecule has 1 fully saturated rings. The molecule has 21 heavy (non-hydrogen) atoms. The zero-order valence-electron chi connectivity index (χ0n) is 12.5. The summed E-state index contributed by atoms with van der Waals surface area (Å²) in [4.78, 5) is 24.4. The Morgan fingerprint density at radius 3 is 2.57 bits per heavy atom. The molecule has 6 nitrogen and oxygen atoms in total. The van der Waals surface area contributed by atoms with Crippen LogP contribution in [0, 0.1) is 21.4 Å². The van der Waals surface area contributed by atoms with Gasteiger partial charge < -0.3 is 9.64 Å². The van der Waals surface area contributed by atoms with E-state index in [1.165, 1.54) is 12.1 Å². The zero-order valence-corrected chi connectivity index (χ0v) is 12.5. The van der Waals surface area contributed by atoms with Crippen LogP contribution in [0.1, 0.15) is 20.8 Å². The largest absolute Gasteiger partial charge is 0.466 e. The molecule has 1 atom stereocenters. The molecule has 0 aromatic heterocycles. The molecule has 1 heterocycles. The molecule has 0 saturated carbocycles. The van der Waals surface area contributed by atoms with Crippen LogP contribution < -0.4 is 4.90 Å². The summed E-state index contributed by atoms with van der Waals surface area (Å²) < 4.78 is 5.14. The van der Waals surface area contributed by atoms with Crippen LogP contribution >= 0.6 is 0 Å². The number of hydrogen-bond donors (Lipinski definition) is 0. The first-order valence-electron chi connectivity index (χ1n) is 7.01. The van der Waals surface area contributed by atoms with Gasteiger partial charge in [-0.05, 0) is 24.5 Å². The van der Waals surface area contributed by atoms with Crippen LogP contribution in [0.2, 0.25) is 0 Å². The monoisotopic (exact) mass is 292 g/mol. The summed E-state index contributed by atoms with van der Waals surface area (Å²) in [7, 11) is 0. The fourth-order valence-electron chi connectivity index (χ4n) is 2.75. The Morgan fingerprint density at radius 2 is 2.05 bits per heavy atom. The summed E-state index contributed by atoms with van der Waals surface area (Å²) in [6, 6.07) is 6.42. The molecule has 6 heteroatoms. The van der Waals surface area contributed by atoms with Gasteiger partial charge in [0.1, 0.15) is 0 Å². The van der Waals surface area contributed by atoms with Crippen molar-refractivity contribution in [3.8, 4) is 0 Å². The molecule has 0 spiro atoms. The average Bonchev–Trinajstić information content (AvgIpc) is 2.75. The average molecular weight is 292 g/mol. The summed E-state index contributed by atoms with van der Waals surface area (Å²) in [5.41, 5.74) is 0.772. The number of benzene rings is 1. The van der Waals surface area contributed by atoms with Crippen molar-refractivity contribution in [2.24, 2.45) is 11.3 Å². The summed E-state index contributed by atoms with van der Waals surface area (Å²) in [6.45, 7) is 7.55. The number of rotatable bonds is 4. The predicted molar refractivity (Wildman–Crippen MR) is 79.2 cm³/mol. The van der Waals surface area contributed by atoms with Crippen LogP contribution in [0.3, 0.4) is 0 Å². The number of nitrogens with zero attached hydrogens (tertiary/aromatic N) is 2. The highest BCUT2D eigenvalue weighted by Gasteiger charge is 2.44. The van der Waals surface area contributed by atoms with Crippen molar-refractivity contribution < 1.29 is 14.5 Å². The minimum absolute atomic E-state index is 0.0687. The topological polar surface area (TPSA) is 72.7 Å². The maximum Gasteiger partial charge on any atom is 0.311 e. The molecule has 1 aromatic rings. The minimum Gasteiger partial charge on any atom is -0.466 e. The van der Waals surface area contributed by atoms with Crippen LogP contribution in [-0.2, 0) is 9.53 Å². The third-order valence-corrected chi connectivity index (χ3v) is 3.94. The van der Waals surface area contributed by atoms with Gasteiger partial charge in [0, 0.05) is 30.9 Å². The van der Waals surface area contributed by atoms with Crippen LogP contribution in [-0.4, -0.2) is 30.6 Å². The molecule has 1 aliphatic rings. The van der Waals surface area contributed by atoms with Crippen molar-refractivity contribution in [1.82, 2.24) is 0 Å². The van der Waals surface area contributed by atoms with Gasteiger partial charge in [-0.3, -0.25) is 14.9 Å². The van der Waals surface area contributed by atoms with Crippen LogP contribution in [0.5, 0.6) is 0 Å². The van der Waals surface area contributed by atoms with Gasteiger partial charge in [-0.25, -0.2) is 0 Å². The number of hydrogen-bond acceptors (Lipinski definition) is 5. The van der Waals surface area contributed by atoms with Gasteiger partial charge in [0.25, 0.3) is 5.69 Å². The number of ether oxygens (including phenoxy) is 1. The fraction of sp³-hybridized carbons (Fsp3) is 0.533. The summed E-state index contributed by atoms with van der Waals surface area (Å²) in [5.74, 6) is -0.362. The lowest BCUT2D eigenvalue weighted by Crippen LogP contribution is -2.30. The van der Waals surface area contributed by atoms with Crippen molar-refractivity contribution in [3.63, 3.8) is 0 Å². The van der Waals surface area contributed by atoms with Gasteiger partial charge in [0.2, 0.25) is 0 Å². The molecule has 1 aromatic carbocycles. The number of nitro groups is 1. The number of carbonyl (C=O) groups excluding carboxylic acids is 1. The lowest BCUT2D eigenvalue weighted by molar-refractivity contribution is -0.384. The van der Waals surface area contributed by atoms with Gasteiger partial charge in [0.05, 0.1) is 17.4 Å². The molecular formula is C15H20N2O4. The summed E-state index contributed by atoms with van der Waals surface area (Å²) >= 11 is 0. The number of nitro benzene ring substituents is 1. The Kier molecular flexibility index (Phi) is 4.16. The molecule has 114 valence electrons. The highest BCUT2D eigenvalue weighted by molar-refractivity contribution is 5.75. The quantitative estimate of drug-likeness (QED) is 0.484. The highest BCUT2D eigenvalue weighted by atomic mass is 16.6. The minimum atomic E-state index is -0.418. The third-order valence-electron chi connectivity index (χ3n) is 3.94. The smallest absolute Gasteiger partial charge is 0.311 e. The second kappa shape index (κ2) is 5.71. The van der Waals surface area contributed by atoms with Crippen molar-refractivity contribution in [2.75, 3.05) is 24.6 Å². The Morgan fingerprint density at radius 1 is 1.43 bits per heavy atom. The molecular weight excluding hydrogens is 272 g/mol. The van der Waals surface area contributed by atoms with Crippen molar-refractivity contribution >= 4 is 17.3 Å². The number of anilines is 1. The normalized spacial score (nSPS) is 20.3. The predicted octanol–water partition coefficient (Wildman–Crippen LogP) is 2.62. The first-order chi connectivity index (χ1) is 9.85. The first-order valence-corrected chi connectivity index (χ1v) is 7.01. The Labute approximate surface area is 123 Å². The standard InChI is InChI=1S/C15H20N2O4/c1-4-21-14(18)13-9-16(10-15(13,2)3)11-5-7-12(8-6-11)17(19)20/h5-8,13H,4,9-10H2,1-3H3. The van der Waals surface area contributed by atoms with Crippen LogP contribution in [0.15, 0.2) is 24.3 Å². The van der Waals surface area contributed by atoms with E-state index in [1.54, 1.807) is 19.1 Å². The van der Waals surface area contributed by atoms with Crippen LogP contribution in [0.4, 0.5) is 11.4 Å². The van der Waals surface area contributed by atoms with E-state index in [0.29, 0.717) is 19.7 Å². The number of esters is 1. The fourth-order valence-corrected chi connectivity index (χ4v) is 2.75. The molecule has 0 amide bonds. The van der Waals surface area contributed by atoms with E-state index in [0.717, 1.165) is 5.69 Å². The first kappa shape index (κ1) is 15.3. The number of non-ortho nitro benzene ring substituents is 1. The Balaban J connectivity index is 2.16. The van der Waals surface area contributed by atoms with Gasteiger partial charge in [0.15, 0.2) is 0 Å². The van der Waals surface area contributed by atoms with Crippen molar-refractivity contribution in [2.45, 2.75) is 20.8 Å². The molecule has 1 saturated heterocycles. The van der Waals surface area contributed by atoms with E-state index in [1.807, 2.05) is 13.8 Å². The SMILES string of the molecule is CCOC(=O)C1CN(c2ccc([N+](=O)[O-])cc2)CC1(C)C. The summed E-state index contributed by atoms with van der Waals surface area (Å²) in [5, 5.41) is 10.7. The molecule has 1 aliphatic heterocycles. The maximum absolute atomic E-state index is 12.0. The van der Waals surface area contributed by atoms with Crippen LogP contribution in [0.25, 0.3) is 0 Å². The second-order valence-corrected chi connectivity index (χ2v) is 5.95. The molecule has 1 unspecified atom stereocenters. The van der Waals surface area contributed by atoms with E-state index in [2.05, 4.69) is 4.90 Å². The van der Waals surface area contributed by atoms with E-state index in [-0.39, 0.29) is 23.0 Å². The van der Waals surface area contributed by atoms with Gasteiger partial charge >= 0.3 is 5.97 Å². The Hall–Kier alpha value is -2.11. The molecule has 0 bridgehead atoms. The Bertz CT molecular complexity index is 539. The van der Waals surface area contributed by atoms with E-state index in [9.17, 15) is 14.9 Å². The van der Waals surface area contributed by atoms with Gasteiger partial charge in [-0.1, -0.05) is 13.8 Å². The highest BCUT2D eigenvalue weighted by Crippen LogP contribution is 2.38. The molecule has 0 aliphatic carbocycles. The van der Waals surface area contributed by atoms with E-state index < -0.39 is 4.92 Å². The zero-order chi connectivity index (χ0) is 15.6. The van der Waals surface area contributed by atoms with E-state index >= 15 is 0 Å². The van der Waals surface area contributed by atoms with Gasteiger partial charge in [-0.15, -0.1) is 0 Å².